The van der Waals surface area contributed by atoms with Crippen LogP contribution in [0.5, 0.6) is 23.1 Å². The molecule has 0 bridgehead atoms. The molecule has 3 aromatic rings. The first-order valence-corrected chi connectivity index (χ1v) is 9.61. The number of ether oxygens (including phenoxy) is 4. The van der Waals surface area contributed by atoms with Crippen molar-refractivity contribution in [2.45, 2.75) is 19.4 Å². The van der Waals surface area contributed by atoms with Crippen LogP contribution < -0.4 is 24.7 Å². The molecule has 1 aromatic heterocycles. The Morgan fingerprint density at radius 1 is 1.16 bits per heavy atom. The number of aryl methyl sites for hydroxylation is 1. The lowest BCUT2D eigenvalue weighted by Crippen LogP contribution is -2.21. The first kappa shape index (κ1) is 20.2. The second-order valence-electron chi connectivity index (χ2n) is 7.03. The Morgan fingerprint density at radius 2 is 1.97 bits per heavy atom. The standard InChI is InChI=1S/C23H22N4O4/c1-13-20-21(18(11-24)22(25)31-23(20)27-26-13)14-7-8-19(29-3)15(9-14)12-30-17-6-4-5-16(10-17)28-2/h4-10,21H,12,25H2,1-3H3,(H,26,27)/t21-/m1/s1. The summed E-state index contributed by atoms with van der Waals surface area (Å²) in [6.07, 6.45) is 0. The van der Waals surface area contributed by atoms with Gasteiger partial charge in [-0.1, -0.05) is 12.1 Å². The van der Waals surface area contributed by atoms with E-state index in [9.17, 15) is 5.26 Å². The van der Waals surface area contributed by atoms with Crippen molar-refractivity contribution in [1.82, 2.24) is 10.2 Å². The van der Waals surface area contributed by atoms with Gasteiger partial charge in [0, 0.05) is 22.9 Å². The van der Waals surface area contributed by atoms with Crippen molar-refractivity contribution in [3.05, 3.63) is 76.3 Å². The third kappa shape index (κ3) is 3.73. The van der Waals surface area contributed by atoms with Crippen molar-refractivity contribution < 1.29 is 18.9 Å². The summed E-state index contributed by atoms with van der Waals surface area (Å²) >= 11 is 0. The smallest absolute Gasteiger partial charge is 0.244 e. The van der Waals surface area contributed by atoms with Crippen LogP contribution in [0.4, 0.5) is 0 Å². The van der Waals surface area contributed by atoms with Crippen LogP contribution in [0.1, 0.15) is 28.3 Å². The van der Waals surface area contributed by atoms with Gasteiger partial charge in [0.25, 0.3) is 0 Å². The average Bonchev–Trinajstić information content (AvgIpc) is 3.16. The number of H-pyrrole nitrogens is 1. The predicted octanol–water partition coefficient (Wildman–Crippen LogP) is 3.53. The van der Waals surface area contributed by atoms with E-state index in [1.807, 2.05) is 49.4 Å². The van der Waals surface area contributed by atoms with Gasteiger partial charge >= 0.3 is 0 Å². The van der Waals surface area contributed by atoms with Crippen molar-refractivity contribution in [2.75, 3.05) is 14.2 Å². The van der Waals surface area contributed by atoms with Gasteiger partial charge in [0.2, 0.25) is 11.8 Å². The summed E-state index contributed by atoms with van der Waals surface area (Å²) < 4.78 is 22.3. The van der Waals surface area contributed by atoms with Gasteiger partial charge in [-0.05, 0) is 36.8 Å². The van der Waals surface area contributed by atoms with E-state index in [0.29, 0.717) is 28.7 Å². The highest BCUT2D eigenvalue weighted by Gasteiger charge is 2.34. The number of hydrogen-bond donors (Lipinski definition) is 2. The van der Waals surface area contributed by atoms with Crippen LogP contribution in [-0.2, 0) is 6.61 Å². The Balaban J connectivity index is 1.71. The molecule has 3 N–H and O–H groups in total. The Bertz CT molecular complexity index is 1190. The van der Waals surface area contributed by atoms with Gasteiger partial charge in [-0.3, -0.25) is 5.10 Å². The highest BCUT2D eigenvalue weighted by Crippen LogP contribution is 2.43. The maximum Gasteiger partial charge on any atom is 0.244 e. The number of nitriles is 1. The molecule has 2 heterocycles. The van der Waals surface area contributed by atoms with Crippen molar-refractivity contribution in [3.8, 4) is 29.2 Å². The van der Waals surface area contributed by atoms with Crippen LogP contribution in [-0.4, -0.2) is 24.4 Å². The number of methoxy groups -OCH3 is 2. The molecule has 0 spiro atoms. The summed E-state index contributed by atoms with van der Waals surface area (Å²) in [4.78, 5) is 0. The topological polar surface area (TPSA) is 115 Å². The van der Waals surface area contributed by atoms with Crippen molar-refractivity contribution in [2.24, 2.45) is 5.73 Å². The summed E-state index contributed by atoms with van der Waals surface area (Å²) in [7, 11) is 3.22. The highest BCUT2D eigenvalue weighted by atomic mass is 16.5. The van der Waals surface area contributed by atoms with Crippen LogP contribution in [0.15, 0.2) is 53.9 Å². The molecule has 4 rings (SSSR count). The van der Waals surface area contributed by atoms with Gasteiger partial charge < -0.3 is 24.7 Å². The molecule has 0 saturated heterocycles. The van der Waals surface area contributed by atoms with E-state index in [1.54, 1.807) is 14.2 Å². The minimum Gasteiger partial charge on any atom is -0.497 e. The number of hydrogen-bond acceptors (Lipinski definition) is 7. The molecule has 1 aliphatic rings. The summed E-state index contributed by atoms with van der Waals surface area (Å²) in [5, 5.41) is 16.8. The number of aromatic amines is 1. The van der Waals surface area contributed by atoms with Gasteiger partial charge in [-0.2, -0.15) is 5.26 Å². The largest absolute Gasteiger partial charge is 0.497 e. The number of aromatic nitrogens is 2. The molecule has 158 valence electrons. The molecule has 0 saturated carbocycles. The number of benzene rings is 2. The third-order valence-electron chi connectivity index (χ3n) is 5.20. The SMILES string of the molecule is COc1cccc(OCc2cc([C@@H]3C(C#N)=C(N)Oc4n[nH]c(C)c43)ccc2OC)c1. The van der Waals surface area contributed by atoms with E-state index in [2.05, 4.69) is 16.3 Å². The predicted molar refractivity (Wildman–Crippen MR) is 113 cm³/mol. The fourth-order valence-corrected chi connectivity index (χ4v) is 3.67. The molecule has 8 heteroatoms. The lowest BCUT2D eigenvalue weighted by molar-refractivity contribution is 0.294. The summed E-state index contributed by atoms with van der Waals surface area (Å²) in [6.45, 7) is 2.15. The fourth-order valence-electron chi connectivity index (χ4n) is 3.67. The molecule has 0 aliphatic carbocycles. The summed E-state index contributed by atoms with van der Waals surface area (Å²) in [6, 6.07) is 15.3. The van der Waals surface area contributed by atoms with Gasteiger partial charge in [-0.25, -0.2) is 0 Å². The molecule has 2 aromatic carbocycles. The maximum absolute atomic E-state index is 9.76. The van der Waals surface area contributed by atoms with Crippen LogP contribution in [0.3, 0.4) is 0 Å². The zero-order valence-electron chi connectivity index (χ0n) is 17.4. The Labute approximate surface area is 179 Å². The van der Waals surface area contributed by atoms with E-state index in [0.717, 1.165) is 22.4 Å². The number of nitrogens with two attached hydrogens (primary N) is 1. The van der Waals surface area contributed by atoms with Crippen LogP contribution in [0, 0.1) is 18.3 Å². The lowest BCUT2D eigenvalue weighted by Gasteiger charge is -2.24. The molecular weight excluding hydrogens is 396 g/mol. The maximum atomic E-state index is 9.76. The minimum absolute atomic E-state index is 0.0523. The molecule has 31 heavy (non-hydrogen) atoms. The quantitative estimate of drug-likeness (QED) is 0.629. The van der Waals surface area contributed by atoms with E-state index in [-0.39, 0.29) is 12.5 Å². The van der Waals surface area contributed by atoms with Gasteiger partial charge in [0.1, 0.15) is 35.5 Å². The Morgan fingerprint density at radius 3 is 2.71 bits per heavy atom. The first-order valence-electron chi connectivity index (χ1n) is 9.61. The van der Waals surface area contributed by atoms with Crippen molar-refractivity contribution >= 4 is 0 Å². The number of allylic oxidation sites excluding steroid dienone is 1. The zero-order valence-corrected chi connectivity index (χ0v) is 17.4. The number of nitrogens with one attached hydrogen (secondary N) is 1. The van der Waals surface area contributed by atoms with Crippen molar-refractivity contribution in [1.29, 1.82) is 5.26 Å². The fraction of sp³-hybridized carbons (Fsp3) is 0.217. The minimum atomic E-state index is -0.408. The third-order valence-corrected chi connectivity index (χ3v) is 5.20. The second-order valence-corrected chi connectivity index (χ2v) is 7.03. The number of nitrogens with zero attached hydrogens (tertiary/aromatic N) is 2. The molecule has 8 nitrogen and oxygen atoms in total. The van der Waals surface area contributed by atoms with Gasteiger partial charge in [-0.15, -0.1) is 5.10 Å². The van der Waals surface area contributed by atoms with Crippen LogP contribution in [0.25, 0.3) is 0 Å². The summed E-state index contributed by atoms with van der Waals surface area (Å²) in [5.41, 5.74) is 9.64. The van der Waals surface area contributed by atoms with Crippen LogP contribution in [0.2, 0.25) is 0 Å². The molecule has 1 aliphatic heterocycles. The lowest BCUT2D eigenvalue weighted by atomic mass is 9.83. The zero-order chi connectivity index (χ0) is 22.0. The molecule has 1 atom stereocenters. The van der Waals surface area contributed by atoms with E-state index < -0.39 is 5.92 Å². The monoisotopic (exact) mass is 418 g/mol. The molecule has 0 amide bonds. The van der Waals surface area contributed by atoms with E-state index in [4.69, 9.17) is 24.7 Å². The normalized spacial score (nSPS) is 15.0. The van der Waals surface area contributed by atoms with Gasteiger partial charge in [0.05, 0.1) is 20.1 Å². The molecular formula is C23H22N4O4. The first-order chi connectivity index (χ1) is 15.0. The molecule has 0 radical (unpaired) electrons. The average molecular weight is 418 g/mol. The van der Waals surface area contributed by atoms with E-state index in [1.165, 1.54) is 0 Å². The molecule has 0 fully saturated rings. The summed E-state index contributed by atoms with van der Waals surface area (Å²) in [5.74, 6) is 2.09. The Kier molecular flexibility index (Phi) is 5.41. The van der Waals surface area contributed by atoms with E-state index >= 15 is 0 Å². The number of rotatable bonds is 6. The number of fused-ring (bicyclic) bond motifs is 1. The van der Waals surface area contributed by atoms with Gasteiger partial charge in [0.15, 0.2) is 0 Å². The molecule has 0 unspecified atom stereocenters. The Hall–Kier alpha value is -4.12. The highest BCUT2D eigenvalue weighted by molar-refractivity contribution is 5.56. The second kappa shape index (κ2) is 8.32. The van der Waals surface area contributed by atoms with Crippen LogP contribution >= 0.6 is 0 Å². The van der Waals surface area contributed by atoms with Crippen molar-refractivity contribution in [3.63, 3.8) is 0 Å².